The summed E-state index contributed by atoms with van der Waals surface area (Å²) in [6.07, 6.45) is 0.102. The Bertz CT molecular complexity index is 822. The van der Waals surface area contributed by atoms with Gasteiger partial charge in [-0.25, -0.2) is 8.42 Å². The molecule has 0 atom stereocenters. The van der Waals surface area contributed by atoms with Crippen LogP contribution < -0.4 is 9.64 Å². The van der Waals surface area contributed by atoms with Crippen LogP contribution in [0.1, 0.15) is 18.7 Å². The Morgan fingerprint density at radius 1 is 1.04 bits per heavy atom. The number of nitrogens with zero attached hydrogens (tertiary/aromatic N) is 2. The topological polar surface area (TPSA) is 49.9 Å². The standard InChI is InChI=1S/C18H24N2O3S2/c1-14(2)23-17-7-5-4-6-16(17)19-10-12-20(13-11-19)25(21,22)18-9-8-15(3)24-18/h4-9,14H,10-13H2,1-3H3. The van der Waals surface area contributed by atoms with Crippen molar-refractivity contribution in [2.24, 2.45) is 0 Å². The van der Waals surface area contributed by atoms with Crippen LogP contribution in [0.15, 0.2) is 40.6 Å². The van der Waals surface area contributed by atoms with Crippen molar-refractivity contribution in [3.05, 3.63) is 41.3 Å². The van der Waals surface area contributed by atoms with E-state index in [0.717, 1.165) is 16.3 Å². The van der Waals surface area contributed by atoms with Crippen LogP contribution in [0.2, 0.25) is 0 Å². The first-order valence-electron chi connectivity index (χ1n) is 8.45. The highest BCUT2D eigenvalue weighted by molar-refractivity contribution is 7.91. The number of ether oxygens (including phenoxy) is 1. The minimum Gasteiger partial charge on any atom is -0.489 e. The van der Waals surface area contributed by atoms with Gasteiger partial charge in [0, 0.05) is 31.1 Å². The molecule has 5 nitrogen and oxygen atoms in total. The largest absolute Gasteiger partial charge is 0.489 e. The minimum atomic E-state index is -3.38. The van der Waals surface area contributed by atoms with Gasteiger partial charge in [-0.3, -0.25) is 0 Å². The Morgan fingerprint density at radius 2 is 1.72 bits per heavy atom. The van der Waals surface area contributed by atoms with Crippen LogP contribution in [0.25, 0.3) is 0 Å². The first-order chi connectivity index (χ1) is 11.9. The second kappa shape index (κ2) is 7.35. The van der Waals surface area contributed by atoms with Crippen molar-refractivity contribution in [1.82, 2.24) is 4.31 Å². The summed E-state index contributed by atoms with van der Waals surface area (Å²) in [7, 11) is -3.38. The highest BCUT2D eigenvalue weighted by Crippen LogP contribution is 2.31. The number of sulfonamides is 1. The zero-order valence-corrected chi connectivity index (χ0v) is 16.4. The van der Waals surface area contributed by atoms with Crippen LogP contribution in [0, 0.1) is 6.92 Å². The Labute approximate surface area is 153 Å². The highest BCUT2D eigenvalue weighted by Gasteiger charge is 2.30. The maximum Gasteiger partial charge on any atom is 0.252 e. The summed E-state index contributed by atoms with van der Waals surface area (Å²) in [4.78, 5) is 3.21. The van der Waals surface area contributed by atoms with Gasteiger partial charge in [0.2, 0.25) is 0 Å². The predicted octanol–water partition coefficient (Wildman–Crippen LogP) is 3.35. The van der Waals surface area contributed by atoms with E-state index in [1.165, 1.54) is 11.3 Å². The predicted molar refractivity (Wildman–Crippen MR) is 102 cm³/mol. The molecule has 1 aliphatic heterocycles. The molecule has 1 aromatic heterocycles. The lowest BCUT2D eigenvalue weighted by Crippen LogP contribution is -2.48. The van der Waals surface area contributed by atoms with Crippen LogP contribution in [-0.4, -0.2) is 45.0 Å². The molecule has 1 aliphatic rings. The van der Waals surface area contributed by atoms with E-state index in [1.807, 2.05) is 51.1 Å². The molecule has 0 bridgehead atoms. The van der Waals surface area contributed by atoms with Crippen molar-refractivity contribution in [2.75, 3.05) is 31.1 Å². The van der Waals surface area contributed by atoms with Gasteiger partial charge >= 0.3 is 0 Å². The summed E-state index contributed by atoms with van der Waals surface area (Å²) in [6, 6.07) is 11.5. The van der Waals surface area contributed by atoms with Crippen LogP contribution in [0.5, 0.6) is 5.75 Å². The molecule has 3 rings (SSSR count). The zero-order valence-electron chi connectivity index (χ0n) is 14.8. The normalized spacial score (nSPS) is 16.4. The van der Waals surface area contributed by atoms with Crippen molar-refractivity contribution in [2.45, 2.75) is 31.1 Å². The number of aryl methyl sites for hydroxylation is 1. The lowest BCUT2D eigenvalue weighted by molar-refractivity contribution is 0.242. The van der Waals surface area contributed by atoms with E-state index in [2.05, 4.69) is 4.90 Å². The number of para-hydroxylation sites is 2. The molecule has 7 heteroatoms. The second-order valence-corrected chi connectivity index (χ2v) is 9.84. The molecular formula is C18H24N2O3S2. The fourth-order valence-electron chi connectivity index (χ4n) is 2.92. The second-order valence-electron chi connectivity index (χ2n) is 6.39. The first kappa shape index (κ1) is 18.2. The van der Waals surface area contributed by atoms with Crippen molar-refractivity contribution < 1.29 is 13.2 Å². The number of thiophene rings is 1. The number of hydrogen-bond acceptors (Lipinski definition) is 5. The van der Waals surface area contributed by atoms with E-state index in [4.69, 9.17) is 4.74 Å². The highest BCUT2D eigenvalue weighted by atomic mass is 32.2. The van der Waals surface area contributed by atoms with Gasteiger partial charge in [0.25, 0.3) is 10.0 Å². The molecule has 0 unspecified atom stereocenters. The van der Waals surface area contributed by atoms with Gasteiger partial charge in [-0.15, -0.1) is 11.3 Å². The molecule has 1 saturated heterocycles. The molecule has 136 valence electrons. The Kier molecular flexibility index (Phi) is 5.36. The third-order valence-corrected chi connectivity index (χ3v) is 7.48. The third-order valence-electron chi connectivity index (χ3n) is 4.12. The average molecular weight is 381 g/mol. The molecule has 2 aromatic rings. The molecule has 25 heavy (non-hydrogen) atoms. The maximum atomic E-state index is 12.7. The summed E-state index contributed by atoms with van der Waals surface area (Å²) in [5.74, 6) is 0.850. The Hall–Kier alpha value is -1.57. The monoisotopic (exact) mass is 380 g/mol. The lowest BCUT2D eigenvalue weighted by Gasteiger charge is -2.36. The number of piperazine rings is 1. The molecule has 0 amide bonds. The van der Waals surface area contributed by atoms with Crippen LogP contribution in [-0.2, 0) is 10.0 Å². The van der Waals surface area contributed by atoms with Crippen molar-refractivity contribution in [3.8, 4) is 5.75 Å². The minimum absolute atomic E-state index is 0.102. The molecule has 0 radical (unpaired) electrons. The van der Waals surface area contributed by atoms with Gasteiger partial charge in [-0.05, 0) is 45.0 Å². The van der Waals surface area contributed by atoms with E-state index in [0.29, 0.717) is 30.4 Å². The van der Waals surface area contributed by atoms with E-state index < -0.39 is 10.0 Å². The number of anilines is 1. The molecule has 2 heterocycles. The summed E-state index contributed by atoms with van der Waals surface area (Å²) < 4.78 is 33.4. The number of hydrogen-bond donors (Lipinski definition) is 0. The quantitative estimate of drug-likeness (QED) is 0.798. The van der Waals surface area contributed by atoms with Crippen molar-refractivity contribution >= 4 is 27.0 Å². The molecule has 0 N–H and O–H groups in total. The van der Waals surface area contributed by atoms with Gasteiger partial charge < -0.3 is 9.64 Å². The Balaban J connectivity index is 1.72. The van der Waals surface area contributed by atoms with Crippen LogP contribution >= 0.6 is 11.3 Å². The lowest BCUT2D eigenvalue weighted by atomic mass is 10.2. The Morgan fingerprint density at radius 3 is 2.32 bits per heavy atom. The van der Waals surface area contributed by atoms with Crippen molar-refractivity contribution in [1.29, 1.82) is 0 Å². The summed E-state index contributed by atoms with van der Waals surface area (Å²) >= 11 is 1.33. The van der Waals surface area contributed by atoms with Gasteiger partial charge in [0.1, 0.15) is 9.96 Å². The molecular weight excluding hydrogens is 356 g/mol. The molecule has 0 aliphatic carbocycles. The van der Waals surface area contributed by atoms with E-state index in [-0.39, 0.29) is 6.10 Å². The SMILES string of the molecule is Cc1ccc(S(=O)(=O)N2CCN(c3ccccc3OC(C)C)CC2)s1. The summed E-state index contributed by atoms with van der Waals surface area (Å²) in [5.41, 5.74) is 1.03. The fraction of sp³-hybridized carbons (Fsp3) is 0.444. The van der Waals surface area contributed by atoms with Gasteiger partial charge in [0.15, 0.2) is 0 Å². The van der Waals surface area contributed by atoms with Gasteiger partial charge in [0.05, 0.1) is 11.8 Å². The molecule has 0 saturated carbocycles. The smallest absolute Gasteiger partial charge is 0.252 e. The first-order valence-corrected chi connectivity index (χ1v) is 10.7. The molecule has 1 fully saturated rings. The number of benzene rings is 1. The number of rotatable bonds is 5. The zero-order chi connectivity index (χ0) is 18.0. The molecule has 0 spiro atoms. The average Bonchev–Trinajstić information content (AvgIpc) is 3.02. The summed E-state index contributed by atoms with van der Waals surface area (Å²) in [6.45, 7) is 8.20. The summed E-state index contributed by atoms with van der Waals surface area (Å²) in [5, 5.41) is 0. The van der Waals surface area contributed by atoms with E-state index >= 15 is 0 Å². The van der Waals surface area contributed by atoms with E-state index in [1.54, 1.807) is 10.4 Å². The van der Waals surface area contributed by atoms with Crippen LogP contribution in [0.4, 0.5) is 5.69 Å². The van der Waals surface area contributed by atoms with Gasteiger partial charge in [-0.2, -0.15) is 4.31 Å². The van der Waals surface area contributed by atoms with Crippen molar-refractivity contribution in [3.63, 3.8) is 0 Å². The molecule has 1 aromatic carbocycles. The fourth-order valence-corrected chi connectivity index (χ4v) is 5.78. The maximum absolute atomic E-state index is 12.7. The van der Waals surface area contributed by atoms with Crippen LogP contribution in [0.3, 0.4) is 0 Å². The van der Waals surface area contributed by atoms with E-state index in [9.17, 15) is 8.42 Å². The third kappa shape index (κ3) is 3.99. The van der Waals surface area contributed by atoms with Gasteiger partial charge in [-0.1, -0.05) is 12.1 Å².